The third-order valence-electron chi connectivity index (χ3n) is 3.11. The summed E-state index contributed by atoms with van der Waals surface area (Å²) in [5.41, 5.74) is 6.65. The van der Waals surface area contributed by atoms with Crippen molar-refractivity contribution in [3.8, 4) is 0 Å². The van der Waals surface area contributed by atoms with Crippen LogP contribution in [-0.2, 0) is 6.54 Å². The van der Waals surface area contributed by atoms with E-state index < -0.39 is 0 Å². The minimum Gasteiger partial charge on any atom is -0.370 e. The molecule has 0 amide bonds. The minimum atomic E-state index is 0.430. The van der Waals surface area contributed by atoms with Gasteiger partial charge in [-0.1, -0.05) is 32.3 Å². The molecule has 0 aromatic carbocycles. The van der Waals surface area contributed by atoms with Gasteiger partial charge in [-0.15, -0.1) is 10.2 Å². The Morgan fingerprint density at radius 1 is 1.30 bits per heavy atom. The molecule has 2 aromatic rings. The van der Waals surface area contributed by atoms with E-state index in [1.54, 1.807) is 0 Å². The van der Waals surface area contributed by atoms with Gasteiger partial charge in [-0.25, -0.2) is 4.99 Å². The maximum absolute atomic E-state index is 5.83. The molecule has 0 aliphatic heterocycles. The van der Waals surface area contributed by atoms with E-state index >= 15 is 0 Å². The fourth-order valence-electron chi connectivity index (χ4n) is 1.98. The first-order valence-corrected chi connectivity index (χ1v) is 7.13. The average Bonchev–Trinajstić information content (AvgIpc) is 2.88. The minimum absolute atomic E-state index is 0.430. The summed E-state index contributed by atoms with van der Waals surface area (Å²) in [7, 11) is 0. The van der Waals surface area contributed by atoms with Crippen LogP contribution >= 0.6 is 0 Å². The molecule has 6 heteroatoms. The largest absolute Gasteiger partial charge is 0.370 e. The van der Waals surface area contributed by atoms with Crippen LogP contribution in [0.25, 0.3) is 5.65 Å². The van der Waals surface area contributed by atoms with Gasteiger partial charge in [-0.3, -0.25) is 4.40 Å². The van der Waals surface area contributed by atoms with Gasteiger partial charge in [-0.05, 0) is 18.6 Å². The van der Waals surface area contributed by atoms with Gasteiger partial charge >= 0.3 is 0 Å². The number of guanidine groups is 1. The molecule has 2 rings (SSSR count). The zero-order valence-corrected chi connectivity index (χ0v) is 11.9. The van der Waals surface area contributed by atoms with Crippen LogP contribution in [0.4, 0.5) is 0 Å². The third kappa shape index (κ3) is 3.94. The van der Waals surface area contributed by atoms with Gasteiger partial charge in [0, 0.05) is 12.7 Å². The molecule has 108 valence electrons. The highest BCUT2D eigenvalue weighted by Crippen LogP contribution is 2.03. The van der Waals surface area contributed by atoms with E-state index in [1.807, 2.05) is 28.8 Å². The molecule has 0 fully saturated rings. The summed E-state index contributed by atoms with van der Waals surface area (Å²) >= 11 is 0. The van der Waals surface area contributed by atoms with E-state index in [1.165, 1.54) is 19.3 Å². The smallest absolute Gasteiger partial charge is 0.189 e. The first kappa shape index (κ1) is 14.3. The van der Waals surface area contributed by atoms with Gasteiger partial charge in [0.25, 0.3) is 0 Å². The molecule has 0 spiro atoms. The Bertz CT molecular complexity index is 560. The van der Waals surface area contributed by atoms with Crippen molar-refractivity contribution in [1.29, 1.82) is 0 Å². The number of aromatic nitrogens is 3. The zero-order valence-electron chi connectivity index (χ0n) is 11.9. The van der Waals surface area contributed by atoms with Crippen LogP contribution in [0.1, 0.15) is 38.4 Å². The number of nitrogens with zero attached hydrogens (tertiary/aromatic N) is 4. The monoisotopic (exact) mass is 274 g/mol. The van der Waals surface area contributed by atoms with Gasteiger partial charge in [0.15, 0.2) is 17.4 Å². The van der Waals surface area contributed by atoms with Crippen molar-refractivity contribution in [2.75, 3.05) is 6.54 Å². The van der Waals surface area contributed by atoms with Gasteiger partial charge < -0.3 is 11.1 Å². The SMILES string of the molecule is CCCCCCNC(N)=NCc1nnc2ccccn12. The number of nitrogens with two attached hydrogens (primary N) is 1. The van der Waals surface area contributed by atoms with Crippen molar-refractivity contribution in [3.63, 3.8) is 0 Å². The van der Waals surface area contributed by atoms with E-state index in [0.717, 1.165) is 24.4 Å². The first-order valence-electron chi connectivity index (χ1n) is 7.13. The Kier molecular flexibility index (Phi) is 5.34. The highest BCUT2D eigenvalue weighted by atomic mass is 15.3. The number of pyridine rings is 1. The van der Waals surface area contributed by atoms with Crippen LogP contribution in [-0.4, -0.2) is 27.1 Å². The average molecular weight is 274 g/mol. The first-order chi connectivity index (χ1) is 9.81. The van der Waals surface area contributed by atoms with Crippen molar-refractivity contribution in [3.05, 3.63) is 30.2 Å². The Morgan fingerprint density at radius 3 is 3.05 bits per heavy atom. The van der Waals surface area contributed by atoms with Crippen molar-refractivity contribution >= 4 is 11.6 Å². The maximum Gasteiger partial charge on any atom is 0.189 e. The number of hydrogen-bond donors (Lipinski definition) is 2. The summed E-state index contributed by atoms with van der Waals surface area (Å²) in [6.45, 7) is 3.50. The lowest BCUT2D eigenvalue weighted by atomic mass is 10.2. The number of aliphatic imine (C=N–C) groups is 1. The van der Waals surface area contributed by atoms with E-state index in [9.17, 15) is 0 Å². The van der Waals surface area contributed by atoms with E-state index in [4.69, 9.17) is 5.73 Å². The molecule has 0 saturated heterocycles. The Labute approximate surface area is 119 Å². The van der Waals surface area contributed by atoms with Gasteiger partial charge in [0.1, 0.15) is 6.54 Å². The maximum atomic E-state index is 5.83. The summed E-state index contributed by atoms with van der Waals surface area (Å²) < 4.78 is 1.91. The predicted molar refractivity (Wildman–Crippen MR) is 80.5 cm³/mol. The second kappa shape index (κ2) is 7.47. The lowest BCUT2D eigenvalue weighted by Crippen LogP contribution is -2.32. The number of fused-ring (bicyclic) bond motifs is 1. The molecule has 0 radical (unpaired) electrons. The van der Waals surface area contributed by atoms with Crippen LogP contribution in [0.5, 0.6) is 0 Å². The molecule has 2 heterocycles. The van der Waals surface area contributed by atoms with Crippen LogP contribution < -0.4 is 11.1 Å². The standard InChI is InChI=1S/C14H22N6/c1-2-3-4-6-9-16-14(15)17-11-13-19-18-12-8-5-7-10-20(12)13/h5,7-8,10H,2-4,6,9,11H2,1H3,(H3,15,16,17). The fourth-order valence-corrected chi connectivity index (χ4v) is 1.98. The van der Waals surface area contributed by atoms with Crippen LogP contribution in [0.15, 0.2) is 29.4 Å². The summed E-state index contributed by atoms with van der Waals surface area (Å²) in [4.78, 5) is 4.29. The quantitative estimate of drug-likeness (QED) is 0.457. The van der Waals surface area contributed by atoms with Gasteiger partial charge in [-0.2, -0.15) is 0 Å². The number of nitrogens with one attached hydrogen (secondary N) is 1. The Morgan fingerprint density at radius 2 is 2.20 bits per heavy atom. The molecule has 6 nitrogen and oxygen atoms in total. The molecule has 0 aliphatic rings. The second-order valence-corrected chi connectivity index (χ2v) is 4.73. The van der Waals surface area contributed by atoms with Crippen LogP contribution in [0, 0.1) is 0 Å². The number of hydrogen-bond acceptors (Lipinski definition) is 3. The molecule has 0 unspecified atom stereocenters. The van der Waals surface area contributed by atoms with Crippen molar-refractivity contribution < 1.29 is 0 Å². The van der Waals surface area contributed by atoms with Crippen molar-refractivity contribution in [2.45, 2.75) is 39.2 Å². The van der Waals surface area contributed by atoms with Gasteiger partial charge in [0.2, 0.25) is 0 Å². The summed E-state index contributed by atoms with van der Waals surface area (Å²) in [6.07, 6.45) is 6.78. The molecule has 3 N–H and O–H groups in total. The Hall–Kier alpha value is -2.11. The highest BCUT2D eigenvalue weighted by molar-refractivity contribution is 5.77. The number of rotatable bonds is 7. The number of unbranched alkanes of at least 4 members (excludes halogenated alkanes) is 3. The van der Waals surface area contributed by atoms with Crippen molar-refractivity contribution in [2.24, 2.45) is 10.7 Å². The molecule has 0 bridgehead atoms. The molecule has 20 heavy (non-hydrogen) atoms. The zero-order chi connectivity index (χ0) is 14.2. The van der Waals surface area contributed by atoms with E-state index in [0.29, 0.717) is 12.5 Å². The van der Waals surface area contributed by atoms with E-state index in [-0.39, 0.29) is 0 Å². The van der Waals surface area contributed by atoms with E-state index in [2.05, 4.69) is 27.4 Å². The highest BCUT2D eigenvalue weighted by Gasteiger charge is 2.03. The lowest BCUT2D eigenvalue weighted by molar-refractivity contribution is 0.652. The summed E-state index contributed by atoms with van der Waals surface area (Å²) in [5, 5.41) is 11.3. The van der Waals surface area contributed by atoms with Gasteiger partial charge in [0.05, 0.1) is 0 Å². The molecular formula is C14H22N6. The molecule has 0 saturated carbocycles. The third-order valence-corrected chi connectivity index (χ3v) is 3.11. The second-order valence-electron chi connectivity index (χ2n) is 4.73. The topological polar surface area (TPSA) is 80.6 Å². The Balaban J connectivity index is 1.82. The van der Waals surface area contributed by atoms with Crippen molar-refractivity contribution in [1.82, 2.24) is 19.9 Å². The molecule has 0 atom stereocenters. The molecule has 2 aromatic heterocycles. The van der Waals surface area contributed by atoms with Crippen LogP contribution in [0.2, 0.25) is 0 Å². The normalized spacial score (nSPS) is 11.9. The molecular weight excluding hydrogens is 252 g/mol. The fraction of sp³-hybridized carbons (Fsp3) is 0.500. The lowest BCUT2D eigenvalue weighted by Gasteiger charge is -2.04. The summed E-state index contributed by atoms with van der Waals surface area (Å²) in [6, 6.07) is 5.79. The summed E-state index contributed by atoms with van der Waals surface area (Å²) in [5.74, 6) is 1.26. The van der Waals surface area contributed by atoms with Crippen LogP contribution in [0.3, 0.4) is 0 Å². The molecule has 0 aliphatic carbocycles. The predicted octanol–water partition coefficient (Wildman–Crippen LogP) is 1.71.